The van der Waals surface area contributed by atoms with E-state index in [9.17, 15) is 9.59 Å². The summed E-state index contributed by atoms with van der Waals surface area (Å²) in [4.78, 5) is 22.1. The number of aliphatic carboxylic acids is 1. The van der Waals surface area contributed by atoms with Crippen LogP contribution in [0.4, 0.5) is 4.79 Å². The van der Waals surface area contributed by atoms with Crippen LogP contribution in [0.15, 0.2) is 11.6 Å². The molecule has 0 aromatic carbocycles. The first-order chi connectivity index (χ1) is 7.34. The molecule has 0 fully saturated rings. The van der Waals surface area contributed by atoms with Crippen LogP contribution in [0.1, 0.15) is 27.7 Å². The first kappa shape index (κ1) is 14.5. The van der Waals surface area contributed by atoms with Gasteiger partial charge in [0, 0.05) is 6.54 Å². The molecule has 0 saturated heterocycles. The highest BCUT2D eigenvalue weighted by atomic mass is 16.4. The third kappa shape index (κ3) is 6.06. The zero-order valence-electron chi connectivity index (χ0n) is 10.2. The molecule has 0 radical (unpaired) electrons. The van der Waals surface area contributed by atoms with Gasteiger partial charge in [-0.25, -0.2) is 9.59 Å². The molecule has 3 N–H and O–H groups in total. The third-order valence-corrected chi connectivity index (χ3v) is 1.99. The Hall–Kier alpha value is -1.52. The van der Waals surface area contributed by atoms with Crippen molar-refractivity contribution < 1.29 is 14.7 Å². The van der Waals surface area contributed by atoms with Gasteiger partial charge in [0.25, 0.3) is 0 Å². The number of carbonyl (C=O) groups is 2. The van der Waals surface area contributed by atoms with E-state index in [1.165, 1.54) is 0 Å². The van der Waals surface area contributed by atoms with Crippen molar-refractivity contribution in [1.29, 1.82) is 0 Å². The maximum Gasteiger partial charge on any atom is 0.326 e. The first-order valence-corrected chi connectivity index (χ1v) is 5.25. The number of carbonyl (C=O) groups excluding carboxylic acids is 1. The lowest BCUT2D eigenvalue weighted by Gasteiger charge is -2.17. The van der Waals surface area contributed by atoms with E-state index in [0.717, 1.165) is 5.57 Å². The highest BCUT2D eigenvalue weighted by Crippen LogP contribution is 2.01. The number of hydrogen-bond acceptors (Lipinski definition) is 2. The summed E-state index contributed by atoms with van der Waals surface area (Å²) in [5.74, 6) is -1.17. The van der Waals surface area contributed by atoms with Crippen molar-refractivity contribution in [2.45, 2.75) is 33.7 Å². The van der Waals surface area contributed by atoms with E-state index < -0.39 is 18.0 Å². The molecule has 0 unspecified atom stereocenters. The Labute approximate surface area is 95.9 Å². The van der Waals surface area contributed by atoms with Crippen molar-refractivity contribution in [3.8, 4) is 0 Å². The molecule has 1 atom stereocenters. The predicted octanol–water partition coefficient (Wildman–Crippen LogP) is 1.36. The fraction of sp³-hybridized carbons (Fsp3) is 0.636. The van der Waals surface area contributed by atoms with Gasteiger partial charge in [-0.3, -0.25) is 0 Å². The molecule has 16 heavy (non-hydrogen) atoms. The van der Waals surface area contributed by atoms with Crippen molar-refractivity contribution >= 4 is 12.0 Å². The second kappa shape index (κ2) is 6.87. The lowest BCUT2D eigenvalue weighted by atomic mass is 10.1. The molecule has 5 heteroatoms. The Morgan fingerprint density at radius 3 is 2.25 bits per heavy atom. The lowest BCUT2D eigenvalue weighted by molar-refractivity contribution is -0.140. The van der Waals surface area contributed by atoms with E-state index in [-0.39, 0.29) is 5.92 Å². The van der Waals surface area contributed by atoms with Crippen LogP contribution in [-0.4, -0.2) is 29.7 Å². The smallest absolute Gasteiger partial charge is 0.326 e. The fourth-order valence-electron chi connectivity index (χ4n) is 1.05. The number of allylic oxidation sites excluding steroid dienone is 1. The average Bonchev–Trinajstić information content (AvgIpc) is 2.12. The highest BCUT2D eigenvalue weighted by molar-refractivity contribution is 5.82. The molecular formula is C11H20N2O3. The molecule has 0 aromatic heterocycles. The molecule has 0 saturated carbocycles. The molecule has 0 aliphatic heterocycles. The van der Waals surface area contributed by atoms with Crippen LogP contribution >= 0.6 is 0 Å². The number of hydrogen-bond donors (Lipinski definition) is 3. The van der Waals surface area contributed by atoms with Crippen molar-refractivity contribution in [2.24, 2.45) is 5.92 Å². The Bertz CT molecular complexity index is 281. The van der Waals surface area contributed by atoms with Gasteiger partial charge in [0.1, 0.15) is 6.04 Å². The van der Waals surface area contributed by atoms with Crippen molar-refractivity contribution in [2.75, 3.05) is 6.54 Å². The average molecular weight is 228 g/mol. The minimum atomic E-state index is -1.02. The van der Waals surface area contributed by atoms with Crippen LogP contribution in [0.5, 0.6) is 0 Å². The van der Waals surface area contributed by atoms with Crippen molar-refractivity contribution in [3.05, 3.63) is 11.6 Å². The summed E-state index contributed by atoms with van der Waals surface area (Å²) in [7, 11) is 0. The van der Waals surface area contributed by atoms with Crippen LogP contribution < -0.4 is 10.6 Å². The molecule has 0 aliphatic rings. The Morgan fingerprint density at radius 2 is 1.88 bits per heavy atom. The molecule has 5 nitrogen and oxygen atoms in total. The predicted molar refractivity (Wildman–Crippen MR) is 62.2 cm³/mol. The monoisotopic (exact) mass is 228 g/mol. The lowest BCUT2D eigenvalue weighted by Crippen LogP contribution is -2.48. The second-order valence-corrected chi connectivity index (χ2v) is 4.20. The summed E-state index contributed by atoms with van der Waals surface area (Å²) in [6, 6.07) is -1.31. The Morgan fingerprint density at radius 1 is 1.31 bits per heavy atom. The van der Waals surface area contributed by atoms with Gasteiger partial charge >= 0.3 is 12.0 Å². The number of rotatable bonds is 5. The molecule has 0 spiro atoms. The number of urea groups is 1. The van der Waals surface area contributed by atoms with Gasteiger partial charge in [-0.2, -0.15) is 0 Å². The SMILES string of the molecule is CC(C)=CCNC(=O)N[C@H](C(=O)O)C(C)C. The van der Waals surface area contributed by atoms with E-state index >= 15 is 0 Å². The molecule has 2 amide bonds. The van der Waals surface area contributed by atoms with Gasteiger partial charge in [0.15, 0.2) is 0 Å². The van der Waals surface area contributed by atoms with Gasteiger partial charge < -0.3 is 15.7 Å². The Kier molecular flexibility index (Phi) is 6.22. The standard InChI is InChI=1S/C11H20N2O3/c1-7(2)5-6-12-11(16)13-9(8(3)4)10(14)15/h5,8-9H,6H2,1-4H3,(H,14,15)(H2,12,13,16)/t9-/m0/s1. The van der Waals surface area contributed by atoms with Gasteiger partial charge in [-0.1, -0.05) is 25.5 Å². The highest BCUT2D eigenvalue weighted by Gasteiger charge is 2.22. The number of carboxylic acids is 1. The van der Waals surface area contributed by atoms with Crippen LogP contribution in [0.2, 0.25) is 0 Å². The number of nitrogens with one attached hydrogen (secondary N) is 2. The zero-order chi connectivity index (χ0) is 12.7. The summed E-state index contributed by atoms with van der Waals surface area (Å²) in [6.07, 6.45) is 1.85. The molecule has 0 rings (SSSR count). The summed E-state index contributed by atoms with van der Waals surface area (Å²) in [5, 5.41) is 13.8. The number of carboxylic acid groups (broad SMARTS) is 1. The first-order valence-electron chi connectivity index (χ1n) is 5.25. The van der Waals surface area contributed by atoms with Crippen LogP contribution in [-0.2, 0) is 4.79 Å². The second-order valence-electron chi connectivity index (χ2n) is 4.20. The zero-order valence-corrected chi connectivity index (χ0v) is 10.2. The van der Waals surface area contributed by atoms with E-state index in [1.807, 2.05) is 19.9 Å². The maximum atomic E-state index is 11.3. The molecule has 92 valence electrons. The largest absolute Gasteiger partial charge is 0.480 e. The van der Waals surface area contributed by atoms with Crippen molar-refractivity contribution in [1.82, 2.24) is 10.6 Å². The molecule has 0 bridgehead atoms. The van der Waals surface area contributed by atoms with E-state index in [1.54, 1.807) is 13.8 Å². The van der Waals surface area contributed by atoms with E-state index in [0.29, 0.717) is 6.54 Å². The minimum Gasteiger partial charge on any atom is -0.480 e. The van der Waals surface area contributed by atoms with E-state index in [4.69, 9.17) is 5.11 Å². The Balaban J connectivity index is 4.11. The van der Waals surface area contributed by atoms with Gasteiger partial charge in [-0.15, -0.1) is 0 Å². The molecule has 0 aromatic rings. The van der Waals surface area contributed by atoms with Crippen LogP contribution in [0, 0.1) is 5.92 Å². The molecule has 0 heterocycles. The fourth-order valence-corrected chi connectivity index (χ4v) is 1.05. The van der Waals surface area contributed by atoms with Gasteiger partial charge in [0.05, 0.1) is 0 Å². The molecule has 0 aliphatic carbocycles. The minimum absolute atomic E-state index is 0.147. The van der Waals surface area contributed by atoms with E-state index in [2.05, 4.69) is 10.6 Å². The topological polar surface area (TPSA) is 78.4 Å². The normalized spacial score (nSPS) is 11.8. The number of amides is 2. The summed E-state index contributed by atoms with van der Waals surface area (Å²) < 4.78 is 0. The third-order valence-electron chi connectivity index (χ3n) is 1.99. The van der Waals surface area contributed by atoms with Gasteiger partial charge in [0.2, 0.25) is 0 Å². The van der Waals surface area contributed by atoms with Gasteiger partial charge in [-0.05, 0) is 19.8 Å². The van der Waals surface area contributed by atoms with Crippen molar-refractivity contribution in [3.63, 3.8) is 0 Å². The van der Waals surface area contributed by atoms with Crippen LogP contribution in [0.25, 0.3) is 0 Å². The van der Waals surface area contributed by atoms with Crippen LogP contribution in [0.3, 0.4) is 0 Å². The summed E-state index contributed by atoms with van der Waals surface area (Å²) in [6.45, 7) is 7.74. The maximum absolute atomic E-state index is 11.3. The summed E-state index contributed by atoms with van der Waals surface area (Å²) >= 11 is 0. The quantitative estimate of drug-likeness (QED) is 0.622. The summed E-state index contributed by atoms with van der Waals surface area (Å²) in [5.41, 5.74) is 1.10. The molecular weight excluding hydrogens is 208 g/mol.